The molecule has 1 aromatic rings. The quantitative estimate of drug-likeness (QED) is 0.663. The normalized spacial score (nSPS) is 27.6. The molecule has 2 nitrogen and oxygen atoms in total. The standard InChI is InChI=1S/C9H12ClNO/c1-5-3-7(5)9-6(2)8(4-10)11-12-9/h5,7H,3-4H2,1-2H3. The molecule has 0 radical (unpaired) electrons. The maximum atomic E-state index is 5.68. The molecule has 1 heterocycles. The summed E-state index contributed by atoms with van der Waals surface area (Å²) in [5.74, 6) is 2.88. The van der Waals surface area contributed by atoms with E-state index in [2.05, 4.69) is 12.1 Å². The topological polar surface area (TPSA) is 26.0 Å². The van der Waals surface area contributed by atoms with Gasteiger partial charge in [0.05, 0.1) is 5.88 Å². The van der Waals surface area contributed by atoms with E-state index in [0.717, 1.165) is 22.9 Å². The lowest BCUT2D eigenvalue weighted by Gasteiger charge is -1.91. The van der Waals surface area contributed by atoms with Gasteiger partial charge in [-0.25, -0.2) is 0 Å². The van der Waals surface area contributed by atoms with E-state index in [1.54, 1.807) is 0 Å². The highest BCUT2D eigenvalue weighted by atomic mass is 35.5. The third-order valence-electron chi connectivity index (χ3n) is 2.63. The minimum Gasteiger partial charge on any atom is -0.361 e. The molecule has 1 aromatic heterocycles. The molecule has 1 fully saturated rings. The van der Waals surface area contributed by atoms with Gasteiger partial charge < -0.3 is 4.52 Å². The molecule has 66 valence electrons. The molecular formula is C9H12ClNO. The van der Waals surface area contributed by atoms with Crippen molar-refractivity contribution in [3.05, 3.63) is 17.0 Å². The van der Waals surface area contributed by atoms with E-state index in [4.69, 9.17) is 16.1 Å². The van der Waals surface area contributed by atoms with Crippen molar-refractivity contribution in [2.75, 3.05) is 0 Å². The van der Waals surface area contributed by atoms with E-state index in [1.165, 1.54) is 6.42 Å². The van der Waals surface area contributed by atoms with Gasteiger partial charge in [0.15, 0.2) is 0 Å². The Morgan fingerprint density at radius 1 is 1.67 bits per heavy atom. The van der Waals surface area contributed by atoms with Gasteiger partial charge >= 0.3 is 0 Å². The third-order valence-corrected chi connectivity index (χ3v) is 2.88. The van der Waals surface area contributed by atoms with Crippen LogP contribution >= 0.6 is 11.6 Å². The number of aromatic nitrogens is 1. The van der Waals surface area contributed by atoms with Crippen LogP contribution in [0.15, 0.2) is 4.52 Å². The largest absolute Gasteiger partial charge is 0.361 e. The number of nitrogens with zero attached hydrogens (tertiary/aromatic N) is 1. The second-order valence-electron chi connectivity index (χ2n) is 3.57. The van der Waals surface area contributed by atoms with Crippen molar-refractivity contribution in [2.45, 2.75) is 32.1 Å². The fourth-order valence-corrected chi connectivity index (χ4v) is 1.79. The van der Waals surface area contributed by atoms with E-state index < -0.39 is 0 Å². The Labute approximate surface area is 76.9 Å². The molecule has 0 aromatic carbocycles. The molecule has 3 heteroatoms. The average Bonchev–Trinajstić information content (AvgIpc) is 2.63. The molecule has 0 N–H and O–H groups in total. The second kappa shape index (κ2) is 2.77. The zero-order valence-corrected chi connectivity index (χ0v) is 8.06. The maximum Gasteiger partial charge on any atom is 0.143 e. The zero-order chi connectivity index (χ0) is 8.72. The Morgan fingerprint density at radius 2 is 2.33 bits per heavy atom. The van der Waals surface area contributed by atoms with E-state index in [1.807, 2.05) is 6.92 Å². The fraction of sp³-hybridized carbons (Fsp3) is 0.667. The van der Waals surface area contributed by atoms with Crippen LogP contribution in [0.4, 0.5) is 0 Å². The van der Waals surface area contributed by atoms with Crippen LogP contribution in [-0.4, -0.2) is 5.16 Å². The van der Waals surface area contributed by atoms with Gasteiger partial charge in [-0.05, 0) is 19.3 Å². The summed E-state index contributed by atoms with van der Waals surface area (Å²) >= 11 is 5.68. The first-order valence-electron chi connectivity index (χ1n) is 4.25. The summed E-state index contributed by atoms with van der Waals surface area (Å²) in [4.78, 5) is 0. The average molecular weight is 186 g/mol. The van der Waals surface area contributed by atoms with Crippen LogP contribution in [0.2, 0.25) is 0 Å². The second-order valence-corrected chi connectivity index (χ2v) is 3.84. The van der Waals surface area contributed by atoms with Crippen LogP contribution in [0.25, 0.3) is 0 Å². The first kappa shape index (κ1) is 8.11. The Hall–Kier alpha value is -0.500. The molecule has 2 atom stereocenters. The Kier molecular flexibility index (Phi) is 1.87. The lowest BCUT2D eigenvalue weighted by Crippen LogP contribution is -1.84. The van der Waals surface area contributed by atoms with Crippen molar-refractivity contribution in [1.82, 2.24) is 5.16 Å². The summed E-state index contributed by atoms with van der Waals surface area (Å²) < 4.78 is 5.25. The van der Waals surface area contributed by atoms with Crippen LogP contribution in [0.1, 0.15) is 36.3 Å². The summed E-state index contributed by atoms with van der Waals surface area (Å²) in [5.41, 5.74) is 2.05. The highest BCUT2D eigenvalue weighted by molar-refractivity contribution is 6.17. The Balaban J connectivity index is 2.27. The summed E-state index contributed by atoms with van der Waals surface area (Å²) in [6, 6.07) is 0. The van der Waals surface area contributed by atoms with Gasteiger partial charge in [-0.15, -0.1) is 11.6 Å². The first-order chi connectivity index (χ1) is 5.74. The third kappa shape index (κ3) is 1.14. The predicted octanol–water partition coefficient (Wildman–Crippen LogP) is 2.85. The first-order valence-corrected chi connectivity index (χ1v) is 4.78. The number of alkyl halides is 1. The molecule has 1 saturated carbocycles. The monoisotopic (exact) mass is 185 g/mol. The van der Waals surface area contributed by atoms with Gasteiger partial charge in [0, 0.05) is 11.5 Å². The highest BCUT2D eigenvalue weighted by Gasteiger charge is 2.38. The number of hydrogen-bond donors (Lipinski definition) is 0. The van der Waals surface area contributed by atoms with Crippen LogP contribution in [0.5, 0.6) is 0 Å². The zero-order valence-electron chi connectivity index (χ0n) is 7.30. The Morgan fingerprint density at radius 3 is 2.75 bits per heavy atom. The van der Waals surface area contributed by atoms with Crippen LogP contribution in [0, 0.1) is 12.8 Å². The number of rotatable bonds is 2. The molecule has 0 amide bonds. The molecule has 12 heavy (non-hydrogen) atoms. The van der Waals surface area contributed by atoms with Gasteiger partial charge in [0.1, 0.15) is 11.5 Å². The summed E-state index contributed by atoms with van der Waals surface area (Å²) in [7, 11) is 0. The molecule has 0 spiro atoms. The lowest BCUT2D eigenvalue weighted by molar-refractivity contribution is 0.376. The summed E-state index contributed by atoms with van der Waals surface area (Å²) in [6.45, 7) is 4.27. The molecule has 1 aliphatic carbocycles. The minimum absolute atomic E-state index is 0.455. The Bertz CT molecular complexity index is 295. The highest BCUT2D eigenvalue weighted by Crippen LogP contribution is 2.48. The van der Waals surface area contributed by atoms with Crippen molar-refractivity contribution in [2.24, 2.45) is 5.92 Å². The number of hydrogen-bond acceptors (Lipinski definition) is 2. The molecule has 1 aliphatic rings. The number of halogens is 1. The lowest BCUT2D eigenvalue weighted by atomic mass is 10.1. The summed E-state index contributed by atoms with van der Waals surface area (Å²) in [5, 5.41) is 3.92. The van der Waals surface area contributed by atoms with Gasteiger partial charge in [-0.3, -0.25) is 0 Å². The van der Waals surface area contributed by atoms with Gasteiger partial charge in [-0.1, -0.05) is 12.1 Å². The molecule has 0 aliphatic heterocycles. The van der Waals surface area contributed by atoms with Crippen molar-refractivity contribution in [3.63, 3.8) is 0 Å². The molecule has 2 rings (SSSR count). The fourth-order valence-electron chi connectivity index (χ4n) is 1.54. The molecular weight excluding hydrogens is 174 g/mol. The van der Waals surface area contributed by atoms with Crippen LogP contribution in [-0.2, 0) is 5.88 Å². The van der Waals surface area contributed by atoms with Crippen molar-refractivity contribution >= 4 is 11.6 Å². The van der Waals surface area contributed by atoms with Gasteiger partial charge in [0.25, 0.3) is 0 Å². The van der Waals surface area contributed by atoms with E-state index in [-0.39, 0.29) is 0 Å². The SMILES string of the molecule is Cc1c(CCl)noc1C1CC1C. The van der Waals surface area contributed by atoms with Crippen molar-refractivity contribution in [1.29, 1.82) is 0 Å². The van der Waals surface area contributed by atoms with E-state index in [0.29, 0.717) is 11.8 Å². The molecule has 0 bridgehead atoms. The van der Waals surface area contributed by atoms with Gasteiger partial charge in [-0.2, -0.15) is 0 Å². The van der Waals surface area contributed by atoms with Crippen molar-refractivity contribution < 1.29 is 4.52 Å². The summed E-state index contributed by atoms with van der Waals surface area (Å²) in [6.07, 6.45) is 1.23. The van der Waals surface area contributed by atoms with E-state index >= 15 is 0 Å². The maximum absolute atomic E-state index is 5.68. The minimum atomic E-state index is 0.455. The molecule has 2 unspecified atom stereocenters. The van der Waals surface area contributed by atoms with E-state index in [9.17, 15) is 0 Å². The molecule has 0 saturated heterocycles. The van der Waals surface area contributed by atoms with Crippen molar-refractivity contribution in [3.8, 4) is 0 Å². The predicted molar refractivity (Wildman–Crippen MR) is 47.3 cm³/mol. The van der Waals surface area contributed by atoms with Gasteiger partial charge in [0.2, 0.25) is 0 Å². The van der Waals surface area contributed by atoms with Crippen LogP contribution < -0.4 is 0 Å². The smallest absolute Gasteiger partial charge is 0.143 e. The van der Waals surface area contributed by atoms with Crippen LogP contribution in [0.3, 0.4) is 0 Å².